The molecule has 1 aliphatic carbocycles. The largest absolute Gasteiger partial charge is 0.361 e. The maximum absolute atomic E-state index is 13.9. The van der Waals surface area contributed by atoms with Crippen molar-refractivity contribution < 1.29 is 9.59 Å². The number of fused-ring (bicyclic) bond motifs is 1. The van der Waals surface area contributed by atoms with Crippen LogP contribution in [0, 0.1) is 0 Å². The average Bonchev–Trinajstić information content (AvgIpc) is 3.18. The van der Waals surface area contributed by atoms with Gasteiger partial charge in [0.05, 0.1) is 0 Å². The number of carbonyl (C=O) groups excluding carboxylic acids is 2. The van der Waals surface area contributed by atoms with Gasteiger partial charge in [0.2, 0.25) is 5.91 Å². The van der Waals surface area contributed by atoms with Gasteiger partial charge in [-0.3, -0.25) is 9.59 Å². The number of aliphatic imine (C=N–C) groups is 1. The van der Waals surface area contributed by atoms with Gasteiger partial charge in [-0.15, -0.1) is 0 Å². The first kappa shape index (κ1) is 22.4. The molecule has 32 heavy (non-hydrogen) atoms. The van der Waals surface area contributed by atoms with Crippen LogP contribution in [0.4, 0.5) is 5.69 Å². The Labute approximate surface area is 193 Å². The van der Waals surface area contributed by atoms with Crippen LogP contribution >= 0.6 is 11.8 Å². The summed E-state index contributed by atoms with van der Waals surface area (Å²) in [6, 6.07) is 11.7. The van der Waals surface area contributed by atoms with Gasteiger partial charge in [-0.25, -0.2) is 4.99 Å². The molecule has 1 aromatic carbocycles. The molecule has 0 spiro atoms. The van der Waals surface area contributed by atoms with E-state index in [1.165, 1.54) is 31.0 Å². The lowest BCUT2D eigenvalue weighted by molar-refractivity contribution is -0.118. The molecular weight excluding hydrogens is 420 g/mol. The van der Waals surface area contributed by atoms with Crippen molar-refractivity contribution in [2.24, 2.45) is 4.99 Å². The van der Waals surface area contributed by atoms with Gasteiger partial charge < -0.3 is 15.6 Å². The quantitative estimate of drug-likeness (QED) is 0.577. The Kier molecular flexibility index (Phi) is 6.84. The zero-order chi connectivity index (χ0) is 22.7. The smallest absolute Gasteiger partial charge is 0.222 e. The van der Waals surface area contributed by atoms with E-state index in [9.17, 15) is 9.59 Å². The van der Waals surface area contributed by atoms with Crippen molar-refractivity contribution >= 4 is 34.9 Å². The second-order valence-electron chi connectivity index (χ2n) is 8.59. The normalized spacial score (nSPS) is 18.4. The number of nitrogens with zero attached hydrogens (tertiary/aromatic N) is 1. The van der Waals surface area contributed by atoms with E-state index < -0.39 is 5.92 Å². The first-order valence-corrected chi connectivity index (χ1v) is 12.2. The summed E-state index contributed by atoms with van der Waals surface area (Å²) in [5.74, 6) is 0.0902. The van der Waals surface area contributed by atoms with Crippen LogP contribution in [0.5, 0.6) is 0 Å². The van der Waals surface area contributed by atoms with Crippen molar-refractivity contribution in [1.82, 2.24) is 10.3 Å². The van der Waals surface area contributed by atoms with Crippen molar-refractivity contribution in [3.63, 3.8) is 0 Å². The summed E-state index contributed by atoms with van der Waals surface area (Å²) in [5.41, 5.74) is 5.32. The fourth-order valence-electron chi connectivity index (χ4n) is 4.19. The van der Waals surface area contributed by atoms with Crippen LogP contribution in [0.2, 0.25) is 0 Å². The minimum Gasteiger partial charge on any atom is -0.361 e. The number of para-hydroxylation sites is 1. The number of carbonyl (C=O) groups is 2. The summed E-state index contributed by atoms with van der Waals surface area (Å²) in [4.78, 5) is 34.2. The van der Waals surface area contributed by atoms with Crippen LogP contribution in [0.25, 0.3) is 0 Å². The third kappa shape index (κ3) is 4.99. The zero-order valence-electron chi connectivity index (χ0n) is 18.8. The number of anilines is 1. The van der Waals surface area contributed by atoms with E-state index in [4.69, 9.17) is 4.99 Å². The van der Waals surface area contributed by atoms with E-state index in [2.05, 4.69) is 35.5 Å². The number of benzene rings is 1. The van der Waals surface area contributed by atoms with Crippen molar-refractivity contribution in [3.8, 4) is 0 Å². The van der Waals surface area contributed by atoms with Gasteiger partial charge in [-0.05, 0) is 54.7 Å². The SMILES string of the molecule is CC(=O)NC1=C(Nc2ccccc2)C(=O)C(c2cc3c([nH]2)CCCC3)C(CSC(C)C)=N1. The molecule has 1 aromatic heterocycles. The molecule has 2 aliphatic rings. The number of aryl methyl sites for hydroxylation is 2. The molecule has 4 rings (SSSR count). The first-order valence-electron chi connectivity index (χ1n) is 11.2. The maximum atomic E-state index is 13.9. The highest BCUT2D eigenvalue weighted by Crippen LogP contribution is 2.33. The number of amides is 1. The number of aromatic nitrogens is 1. The highest BCUT2D eigenvalue weighted by Gasteiger charge is 2.37. The summed E-state index contributed by atoms with van der Waals surface area (Å²) >= 11 is 1.75. The number of hydrogen-bond acceptors (Lipinski definition) is 5. The zero-order valence-corrected chi connectivity index (χ0v) is 19.6. The predicted octanol–water partition coefficient (Wildman–Crippen LogP) is 4.56. The van der Waals surface area contributed by atoms with Crippen LogP contribution in [0.1, 0.15) is 56.5 Å². The molecular formula is C25H30N4O2S. The van der Waals surface area contributed by atoms with Crippen LogP contribution in [-0.4, -0.2) is 33.4 Å². The van der Waals surface area contributed by atoms with E-state index in [1.807, 2.05) is 30.3 Å². The lowest BCUT2D eigenvalue weighted by Crippen LogP contribution is -2.36. The molecule has 1 atom stereocenters. The number of aromatic amines is 1. The predicted molar refractivity (Wildman–Crippen MR) is 131 cm³/mol. The molecule has 3 N–H and O–H groups in total. The van der Waals surface area contributed by atoms with E-state index in [0.717, 1.165) is 29.9 Å². The van der Waals surface area contributed by atoms with Crippen LogP contribution in [0.15, 0.2) is 52.9 Å². The van der Waals surface area contributed by atoms with Crippen molar-refractivity contribution in [1.29, 1.82) is 0 Å². The molecule has 168 valence electrons. The number of nitrogens with one attached hydrogen (secondary N) is 3. The number of rotatable bonds is 7. The highest BCUT2D eigenvalue weighted by molar-refractivity contribution is 8.00. The molecule has 2 heterocycles. The molecule has 0 bridgehead atoms. The van der Waals surface area contributed by atoms with Crippen LogP contribution < -0.4 is 10.6 Å². The standard InChI is InChI=1S/C25H30N4O2S/c1-15(2)32-14-21-22(20-13-17-9-7-8-12-19(17)28-20)24(31)23(25(29-21)26-16(3)30)27-18-10-5-4-6-11-18/h4-6,10-11,13,15,22,27-28H,7-9,12,14H2,1-3H3,(H,26,30). The number of allylic oxidation sites excluding steroid dienone is 1. The van der Waals surface area contributed by atoms with Crippen molar-refractivity contribution in [3.05, 3.63) is 64.9 Å². The van der Waals surface area contributed by atoms with Crippen LogP contribution in [0.3, 0.4) is 0 Å². The number of hydrogen-bond donors (Lipinski definition) is 3. The summed E-state index contributed by atoms with van der Waals surface area (Å²) in [5, 5.41) is 6.40. The van der Waals surface area contributed by atoms with Gasteiger partial charge in [-0.2, -0.15) is 11.8 Å². The van der Waals surface area contributed by atoms with Gasteiger partial charge in [0.1, 0.15) is 11.6 Å². The lowest BCUT2D eigenvalue weighted by atomic mass is 9.90. The molecule has 0 radical (unpaired) electrons. The third-order valence-electron chi connectivity index (χ3n) is 5.68. The average molecular weight is 451 g/mol. The van der Waals surface area contributed by atoms with Gasteiger partial charge in [0, 0.05) is 35.5 Å². The fourth-order valence-corrected chi connectivity index (χ4v) is 4.93. The Morgan fingerprint density at radius 3 is 2.66 bits per heavy atom. The van der Waals surface area contributed by atoms with E-state index in [1.54, 1.807) is 11.8 Å². The highest BCUT2D eigenvalue weighted by atomic mass is 32.2. The van der Waals surface area contributed by atoms with E-state index in [0.29, 0.717) is 22.5 Å². The van der Waals surface area contributed by atoms with Gasteiger partial charge >= 0.3 is 0 Å². The van der Waals surface area contributed by atoms with Gasteiger partial charge in [0.15, 0.2) is 11.6 Å². The third-order valence-corrected chi connectivity index (χ3v) is 6.81. The topological polar surface area (TPSA) is 86.4 Å². The molecule has 6 nitrogen and oxygen atoms in total. The second kappa shape index (κ2) is 9.77. The lowest BCUT2D eigenvalue weighted by Gasteiger charge is -2.26. The second-order valence-corrected chi connectivity index (χ2v) is 10.2. The monoisotopic (exact) mass is 450 g/mol. The van der Waals surface area contributed by atoms with Crippen molar-refractivity contribution in [2.75, 3.05) is 11.1 Å². The summed E-state index contributed by atoms with van der Waals surface area (Å²) < 4.78 is 0. The Morgan fingerprint density at radius 1 is 1.22 bits per heavy atom. The van der Waals surface area contributed by atoms with E-state index >= 15 is 0 Å². The van der Waals surface area contributed by atoms with Gasteiger partial charge in [-0.1, -0.05) is 32.0 Å². The molecule has 0 saturated carbocycles. The van der Waals surface area contributed by atoms with Crippen molar-refractivity contribution in [2.45, 2.75) is 57.6 Å². The fraction of sp³-hybridized carbons (Fsp3) is 0.400. The molecule has 1 aliphatic heterocycles. The molecule has 0 fully saturated rings. The Bertz CT molecular complexity index is 1050. The van der Waals surface area contributed by atoms with Gasteiger partial charge in [0.25, 0.3) is 0 Å². The number of Topliss-reactive ketones (excluding diaryl/α,β-unsaturated/α-hetero) is 1. The molecule has 2 aromatic rings. The molecule has 0 saturated heterocycles. The number of H-pyrrole nitrogens is 1. The maximum Gasteiger partial charge on any atom is 0.222 e. The summed E-state index contributed by atoms with van der Waals surface area (Å²) in [6.07, 6.45) is 4.41. The minimum absolute atomic E-state index is 0.0782. The molecule has 7 heteroatoms. The minimum atomic E-state index is -0.490. The van der Waals surface area contributed by atoms with Crippen LogP contribution in [-0.2, 0) is 22.4 Å². The molecule has 1 amide bonds. The number of ketones is 1. The van der Waals surface area contributed by atoms with E-state index in [-0.39, 0.29) is 11.7 Å². The summed E-state index contributed by atoms with van der Waals surface area (Å²) in [6.45, 7) is 5.69. The number of thioether (sulfide) groups is 1. The molecule has 1 unspecified atom stereocenters. The first-order chi connectivity index (χ1) is 15.4. The summed E-state index contributed by atoms with van der Waals surface area (Å²) in [7, 11) is 0. The Balaban J connectivity index is 1.77. The Hall–Kier alpha value is -2.80. The Morgan fingerprint density at radius 2 is 1.97 bits per heavy atom.